The van der Waals surface area contributed by atoms with Gasteiger partial charge in [-0.05, 0) is 52.9 Å². The molecule has 0 amide bonds. The first-order chi connectivity index (χ1) is 14.2. The number of aromatic nitrogens is 1. The van der Waals surface area contributed by atoms with Gasteiger partial charge in [0.2, 0.25) is 0 Å². The van der Waals surface area contributed by atoms with Crippen molar-refractivity contribution in [2.75, 3.05) is 18.2 Å². The van der Waals surface area contributed by atoms with E-state index in [1.54, 1.807) is 13.3 Å². The summed E-state index contributed by atoms with van der Waals surface area (Å²) in [7, 11) is 1.66. The topological polar surface area (TPSA) is 69.4 Å². The van der Waals surface area contributed by atoms with E-state index in [1.807, 2.05) is 66.7 Å². The SMILES string of the molecule is COc1cc(CNc2ccc3c(N)nccc3c2)ccc1OCc1ccccc1. The van der Waals surface area contributed by atoms with Crippen LogP contribution in [0, 0.1) is 0 Å². The van der Waals surface area contributed by atoms with Crippen molar-refractivity contribution in [3.8, 4) is 11.5 Å². The highest BCUT2D eigenvalue weighted by Crippen LogP contribution is 2.29. The molecule has 0 atom stereocenters. The monoisotopic (exact) mass is 385 g/mol. The van der Waals surface area contributed by atoms with Gasteiger partial charge in [0.1, 0.15) is 12.4 Å². The first kappa shape index (κ1) is 18.6. The maximum atomic E-state index is 5.93. The quantitative estimate of drug-likeness (QED) is 0.468. The van der Waals surface area contributed by atoms with Gasteiger partial charge in [-0.15, -0.1) is 0 Å². The van der Waals surface area contributed by atoms with Crippen LogP contribution in [-0.2, 0) is 13.2 Å². The number of benzene rings is 3. The van der Waals surface area contributed by atoms with E-state index < -0.39 is 0 Å². The zero-order valence-corrected chi connectivity index (χ0v) is 16.3. The maximum Gasteiger partial charge on any atom is 0.161 e. The van der Waals surface area contributed by atoms with Gasteiger partial charge in [-0.2, -0.15) is 0 Å². The summed E-state index contributed by atoms with van der Waals surface area (Å²) in [5, 5.41) is 5.46. The highest BCUT2D eigenvalue weighted by Gasteiger charge is 2.07. The number of nitrogen functional groups attached to an aromatic ring is 1. The molecule has 0 saturated carbocycles. The summed E-state index contributed by atoms with van der Waals surface area (Å²) in [5.74, 6) is 2.00. The van der Waals surface area contributed by atoms with Crippen molar-refractivity contribution in [3.05, 3.63) is 90.1 Å². The predicted octanol–water partition coefficient (Wildman–Crippen LogP) is 5.02. The number of rotatable bonds is 7. The fourth-order valence-corrected chi connectivity index (χ4v) is 3.19. The molecule has 4 aromatic rings. The van der Waals surface area contributed by atoms with Crippen molar-refractivity contribution >= 4 is 22.3 Å². The fourth-order valence-electron chi connectivity index (χ4n) is 3.19. The third kappa shape index (κ3) is 4.41. The Balaban J connectivity index is 1.44. The second-order valence-electron chi connectivity index (χ2n) is 6.75. The van der Waals surface area contributed by atoms with E-state index in [0.717, 1.165) is 39.1 Å². The van der Waals surface area contributed by atoms with Gasteiger partial charge in [0.25, 0.3) is 0 Å². The third-order valence-electron chi connectivity index (χ3n) is 4.76. The number of nitrogens with zero attached hydrogens (tertiary/aromatic N) is 1. The van der Waals surface area contributed by atoms with Crippen LogP contribution in [0.3, 0.4) is 0 Å². The van der Waals surface area contributed by atoms with Crippen LogP contribution in [0.1, 0.15) is 11.1 Å². The molecule has 0 saturated heterocycles. The number of hydrogen-bond acceptors (Lipinski definition) is 5. The minimum atomic E-state index is 0.504. The van der Waals surface area contributed by atoms with Crippen molar-refractivity contribution in [1.82, 2.24) is 4.98 Å². The first-order valence-corrected chi connectivity index (χ1v) is 9.45. The van der Waals surface area contributed by atoms with E-state index in [4.69, 9.17) is 15.2 Å². The lowest BCUT2D eigenvalue weighted by Gasteiger charge is -2.13. The molecule has 0 radical (unpaired) electrons. The van der Waals surface area contributed by atoms with E-state index in [0.29, 0.717) is 19.0 Å². The van der Waals surface area contributed by atoms with Crippen LogP contribution in [0.4, 0.5) is 11.5 Å². The summed E-state index contributed by atoms with van der Waals surface area (Å²) in [6.45, 7) is 1.17. The normalized spacial score (nSPS) is 10.7. The summed E-state index contributed by atoms with van der Waals surface area (Å²) >= 11 is 0. The Bertz CT molecular complexity index is 1110. The molecule has 3 aromatic carbocycles. The highest BCUT2D eigenvalue weighted by atomic mass is 16.5. The molecule has 0 fully saturated rings. The summed E-state index contributed by atoms with van der Waals surface area (Å²) < 4.78 is 11.5. The van der Waals surface area contributed by atoms with Gasteiger partial charge in [-0.25, -0.2) is 4.98 Å². The third-order valence-corrected chi connectivity index (χ3v) is 4.76. The molecule has 5 nitrogen and oxygen atoms in total. The Morgan fingerprint density at radius 1 is 0.897 bits per heavy atom. The van der Waals surface area contributed by atoms with Gasteiger partial charge in [-0.3, -0.25) is 0 Å². The lowest BCUT2D eigenvalue weighted by molar-refractivity contribution is 0.284. The van der Waals surface area contributed by atoms with E-state index in [-0.39, 0.29) is 0 Å². The standard InChI is InChI=1S/C24H23N3O2/c1-28-23-13-18(7-10-22(23)29-16-17-5-3-2-4-6-17)15-27-20-8-9-21-19(14-20)11-12-26-24(21)25/h2-14,27H,15-16H2,1H3,(H2,25,26). The zero-order valence-electron chi connectivity index (χ0n) is 16.3. The van der Waals surface area contributed by atoms with Crippen LogP contribution in [0.15, 0.2) is 79.0 Å². The number of methoxy groups -OCH3 is 1. The molecular formula is C24H23N3O2. The van der Waals surface area contributed by atoms with Crippen molar-refractivity contribution in [1.29, 1.82) is 0 Å². The van der Waals surface area contributed by atoms with Gasteiger partial charge in [0.15, 0.2) is 11.5 Å². The minimum absolute atomic E-state index is 0.504. The number of pyridine rings is 1. The minimum Gasteiger partial charge on any atom is -0.493 e. The van der Waals surface area contributed by atoms with Crippen LogP contribution in [0.5, 0.6) is 11.5 Å². The Labute approximate surface area is 170 Å². The van der Waals surface area contributed by atoms with Crippen molar-refractivity contribution in [2.24, 2.45) is 0 Å². The molecule has 1 heterocycles. The van der Waals surface area contributed by atoms with E-state index in [9.17, 15) is 0 Å². The van der Waals surface area contributed by atoms with Gasteiger partial charge in [0, 0.05) is 23.8 Å². The molecule has 0 aliphatic carbocycles. The Hall–Kier alpha value is -3.73. The van der Waals surface area contributed by atoms with E-state index in [2.05, 4.69) is 16.4 Å². The van der Waals surface area contributed by atoms with Gasteiger partial charge in [-0.1, -0.05) is 36.4 Å². The van der Waals surface area contributed by atoms with Crippen LogP contribution < -0.4 is 20.5 Å². The molecule has 0 aliphatic rings. The second-order valence-corrected chi connectivity index (χ2v) is 6.75. The molecule has 4 rings (SSSR count). The number of hydrogen-bond donors (Lipinski definition) is 2. The molecule has 0 bridgehead atoms. The molecule has 1 aromatic heterocycles. The molecule has 146 valence electrons. The van der Waals surface area contributed by atoms with Gasteiger partial charge >= 0.3 is 0 Å². The summed E-state index contributed by atoms with van der Waals surface area (Å²) in [5.41, 5.74) is 9.16. The average Bonchev–Trinajstić information content (AvgIpc) is 2.77. The lowest BCUT2D eigenvalue weighted by atomic mass is 10.1. The van der Waals surface area contributed by atoms with Crippen molar-refractivity contribution in [3.63, 3.8) is 0 Å². The van der Waals surface area contributed by atoms with Crippen molar-refractivity contribution < 1.29 is 9.47 Å². The number of fused-ring (bicyclic) bond motifs is 1. The first-order valence-electron chi connectivity index (χ1n) is 9.45. The summed E-state index contributed by atoms with van der Waals surface area (Å²) in [4.78, 5) is 4.12. The smallest absolute Gasteiger partial charge is 0.161 e. The summed E-state index contributed by atoms with van der Waals surface area (Å²) in [6.07, 6.45) is 1.72. The van der Waals surface area contributed by atoms with Crippen LogP contribution in [-0.4, -0.2) is 12.1 Å². The molecular weight excluding hydrogens is 362 g/mol. The summed E-state index contributed by atoms with van der Waals surface area (Å²) in [6, 6.07) is 24.1. The molecule has 0 unspecified atom stereocenters. The Kier molecular flexibility index (Phi) is 5.47. The lowest BCUT2D eigenvalue weighted by Crippen LogP contribution is -2.02. The molecule has 0 aliphatic heterocycles. The zero-order chi connectivity index (χ0) is 20.1. The number of nitrogens with one attached hydrogen (secondary N) is 1. The predicted molar refractivity (Wildman–Crippen MR) is 117 cm³/mol. The van der Waals surface area contributed by atoms with Crippen LogP contribution in [0.2, 0.25) is 0 Å². The Morgan fingerprint density at radius 3 is 2.59 bits per heavy atom. The Morgan fingerprint density at radius 2 is 1.76 bits per heavy atom. The molecule has 29 heavy (non-hydrogen) atoms. The van der Waals surface area contributed by atoms with Crippen LogP contribution in [0.25, 0.3) is 10.8 Å². The molecule has 5 heteroatoms. The maximum absolute atomic E-state index is 5.93. The van der Waals surface area contributed by atoms with Crippen molar-refractivity contribution in [2.45, 2.75) is 13.2 Å². The largest absolute Gasteiger partial charge is 0.493 e. The molecule has 0 spiro atoms. The number of nitrogens with two attached hydrogens (primary N) is 1. The van der Waals surface area contributed by atoms with Gasteiger partial charge < -0.3 is 20.5 Å². The second kappa shape index (κ2) is 8.52. The van der Waals surface area contributed by atoms with Crippen LogP contribution >= 0.6 is 0 Å². The average molecular weight is 385 g/mol. The molecule has 3 N–H and O–H groups in total. The fraction of sp³-hybridized carbons (Fsp3) is 0.125. The van der Waals surface area contributed by atoms with E-state index >= 15 is 0 Å². The number of anilines is 2. The highest BCUT2D eigenvalue weighted by molar-refractivity contribution is 5.92. The number of ether oxygens (including phenoxy) is 2. The van der Waals surface area contributed by atoms with E-state index in [1.165, 1.54) is 0 Å². The van der Waals surface area contributed by atoms with Gasteiger partial charge in [0.05, 0.1) is 7.11 Å².